The maximum absolute atomic E-state index is 12.3. The molecular weight excluding hydrogens is 352 g/mol. The molecule has 0 spiro atoms. The Morgan fingerprint density at radius 1 is 1.00 bits per heavy atom. The molecule has 138 valence electrons. The topological polar surface area (TPSA) is 83.5 Å². The number of ketones is 1. The van der Waals surface area contributed by atoms with E-state index in [9.17, 15) is 18.0 Å². The summed E-state index contributed by atoms with van der Waals surface area (Å²) in [4.78, 5) is 23.2. The Labute approximate surface area is 153 Å². The van der Waals surface area contributed by atoms with Gasteiger partial charge in [0.1, 0.15) is 0 Å². The van der Waals surface area contributed by atoms with Crippen LogP contribution in [0.1, 0.15) is 29.3 Å². The molecule has 0 saturated carbocycles. The second kappa shape index (κ2) is 8.73. The predicted molar refractivity (Wildman–Crippen MR) is 101 cm³/mol. The normalized spacial score (nSPS) is 11.3. The zero-order valence-corrected chi connectivity index (χ0v) is 15.6. The molecule has 0 aliphatic rings. The van der Waals surface area contributed by atoms with Gasteiger partial charge in [0.2, 0.25) is 15.9 Å². The molecule has 0 fully saturated rings. The van der Waals surface area contributed by atoms with E-state index in [2.05, 4.69) is 5.32 Å². The molecule has 0 aliphatic heterocycles. The van der Waals surface area contributed by atoms with Crippen molar-refractivity contribution in [3.8, 4) is 0 Å². The lowest BCUT2D eigenvalue weighted by Crippen LogP contribution is -2.30. The van der Waals surface area contributed by atoms with E-state index >= 15 is 0 Å². The standard InChI is InChI=1S/C19H22N2O4S/c1-15(22)17-8-10-18(11-9-17)20-19(23)12-13-26(24,25)21(2)14-16-6-4-3-5-7-16/h3-11H,12-14H2,1-2H3,(H,20,23). The summed E-state index contributed by atoms with van der Waals surface area (Å²) in [6.45, 7) is 1.72. The van der Waals surface area contributed by atoms with Crippen molar-refractivity contribution in [2.45, 2.75) is 19.9 Å². The summed E-state index contributed by atoms with van der Waals surface area (Å²) in [5, 5.41) is 2.64. The van der Waals surface area contributed by atoms with E-state index in [0.717, 1.165) is 5.56 Å². The number of anilines is 1. The van der Waals surface area contributed by atoms with Crippen LogP contribution in [0, 0.1) is 0 Å². The van der Waals surface area contributed by atoms with Gasteiger partial charge in [-0.1, -0.05) is 30.3 Å². The summed E-state index contributed by atoms with van der Waals surface area (Å²) >= 11 is 0. The number of rotatable bonds is 8. The first kappa shape index (κ1) is 19.8. The molecule has 2 rings (SSSR count). The van der Waals surface area contributed by atoms with Crippen LogP contribution < -0.4 is 5.32 Å². The van der Waals surface area contributed by atoms with Gasteiger partial charge in [-0.3, -0.25) is 9.59 Å². The van der Waals surface area contributed by atoms with E-state index in [1.807, 2.05) is 30.3 Å². The van der Waals surface area contributed by atoms with Crippen molar-refractivity contribution in [3.63, 3.8) is 0 Å². The first-order valence-electron chi connectivity index (χ1n) is 8.17. The lowest BCUT2D eigenvalue weighted by atomic mass is 10.1. The Morgan fingerprint density at radius 2 is 1.62 bits per heavy atom. The number of carbonyl (C=O) groups is 2. The predicted octanol–water partition coefficient (Wildman–Crippen LogP) is 2.68. The number of sulfonamides is 1. The molecule has 1 amide bonds. The molecule has 0 bridgehead atoms. The minimum absolute atomic E-state index is 0.0598. The number of nitrogens with zero attached hydrogens (tertiary/aromatic N) is 1. The number of benzene rings is 2. The second-order valence-electron chi connectivity index (χ2n) is 5.99. The van der Waals surface area contributed by atoms with Crippen LogP contribution in [0.15, 0.2) is 54.6 Å². The fourth-order valence-corrected chi connectivity index (χ4v) is 3.43. The molecule has 7 heteroatoms. The van der Waals surface area contributed by atoms with Crippen LogP contribution >= 0.6 is 0 Å². The molecule has 0 aromatic heterocycles. The van der Waals surface area contributed by atoms with Gasteiger partial charge in [0.15, 0.2) is 5.78 Å². The lowest BCUT2D eigenvalue weighted by molar-refractivity contribution is -0.115. The fraction of sp³-hybridized carbons (Fsp3) is 0.263. The molecule has 0 unspecified atom stereocenters. The summed E-state index contributed by atoms with van der Waals surface area (Å²) in [6.07, 6.45) is -0.143. The lowest BCUT2D eigenvalue weighted by Gasteiger charge is -2.17. The monoisotopic (exact) mass is 374 g/mol. The third-order valence-corrected chi connectivity index (χ3v) is 5.68. The number of hydrogen-bond donors (Lipinski definition) is 1. The van der Waals surface area contributed by atoms with Gasteiger partial charge in [-0.25, -0.2) is 12.7 Å². The van der Waals surface area contributed by atoms with Crippen molar-refractivity contribution in [2.24, 2.45) is 0 Å². The van der Waals surface area contributed by atoms with Crippen LogP contribution in [-0.4, -0.2) is 37.2 Å². The minimum Gasteiger partial charge on any atom is -0.326 e. The Bertz CT molecular complexity index is 862. The van der Waals surface area contributed by atoms with E-state index in [1.54, 1.807) is 24.3 Å². The number of hydrogen-bond acceptors (Lipinski definition) is 4. The average molecular weight is 374 g/mol. The van der Waals surface area contributed by atoms with Gasteiger partial charge < -0.3 is 5.32 Å². The average Bonchev–Trinajstić information content (AvgIpc) is 2.61. The summed E-state index contributed by atoms with van der Waals surface area (Å²) in [6, 6.07) is 15.7. The van der Waals surface area contributed by atoms with Crippen LogP contribution in [-0.2, 0) is 21.4 Å². The van der Waals surface area contributed by atoms with E-state index in [1.165, 1.54) is 18.3 Å². The molecule has 0 heterocycles. The Balaban J connectivity index is 1.87. The SMILES string of the molecule is CC(=O)c1ccc(NC(=O)CCS(=O)(=O)N(C)Cc2ccccc2)cc1. The molecule has 0 saturated heterocycles. The van der Waals surface area contributed by atoms with Gasteiger partial charge in [0, 0.05) is 31.3 Å². The zero-order chi connectivity index (χ0) is 19.2. The van der Waals surface area contributed by atoms with Gasteiger partial charge in [-0.2, -0.15) is 0 Å². The first-order chi connectivity index (χ1) is 12.3. The molecule has 26 heavy (non-hydrogen) atoms. The van der Waals surface area contributed by atoms with Crippen molar-refractivity contribution < 1.29 is 18.0 Å². The van der Waals surface area contributed by atoms with E-state index in [4.69, 9.17) is 0 Å². The van der Waals surface area contributed by atoms with Gasteiger partial charge in [-0.05, 0) is 36.8 Å². The zero-order valence-electron chi connectivity index (χ0n) is 14.8. The highest BCUT2D eigenvalue weighted by atomic mass is 32.2. The molecule has 2 aromatic carbocycles. The Morgan fingerprint density at radius 3 is 2.19 bits per heavy atom. The third-order valence-electron chi connectivity index (χ3n) is 3.89. The van der Waals surface area contributed by atoms with Crippen molar-refractivity contribution in [2.75, 3.05) is 18.1 Å². The van der Waals surface area contributed by atoms with Crippen LogP contribution in [0.2, 0.25) is 0 Å². The molecule has 0 atom stereocenters. The summed E-state index contributed by atoms with van der Waals surface area (Å²) in [5.74, 6) is -0.721. The second-order valence-corrected chi connectivity index (χ2v) is 8.18. The van der Waals surface area contributed by atoms with Gasteiger partial charge in [0.05, 0.1) is 5.75 Å². The van der Waals surface area contributed by atoms with Crippen molar-refractivity contribution in [1.29, 1.82) is 0 Å². The number of amides is 1. The molecular formula is C19H22N2O4S. The van der Waals surface area contributed by atoms with Gasteiger partial charge in [-0.15, -0.1) is 0 Å². The fourth-order valence-electron chi connectivity index (χ4n) is 2.33. The number of Topliss-reactive ketones (excluding diaryl/α,β-unsaturated/α-hetero) is 1. The Kier molecular flexibility index (Phi) is 6.65. The number of nitrogens with one attached hydrogen (secondary N) is 1. The summed E-state index contributed by atoms with van der Waals surface area (Å²) < 4.78 is 25.9. The highest BCUT2D eigenvalue weighted by molar-refractivity contribution is 7.89. The van der Waals surface area contributed by atoms with Crippen LogP contribution in [0.25, 0.3) is 0 Å². The van der Waals surface area contributed by atoms with Gasteiger partial charge >= 0.3 is 0 Å². The van der Waals surface area contributed by atoms with E-state index < -0.39 is 15.9 Å². The van der Waals surface area contributed by atoms with Crippen molar-refractivity contribution in [3.05, 3.63) is 65.7 Å². The van der Waals surface area contributed by atoms with Gasteiger partial charge in [0.25, 0.3) is 0 Å². The summed E-state index contributed by atoms with van der Waals surface area (Å²) in [5.41, 5.74) is 1.96. The highest BCUT2D eigenvalue weighted by Crippen LogP contribution is 2.12. The van der Waals surface area contributed by atoms with E-state index in [-0.39, 0.29) is 24.5 Å². The van der Waals surface area contributed by atoms with Crippen LogP contribution in [0.3, 0.4) is 0 Å². The maximum Gasteiger partial charge on any atom is 0.225 e. The largest absolute Gasteiger partial charge is 0.326 e. The van der Waals surface area contributed by atoms with Crippen molar-refractivity contribution >= 4 is 27.4 Å². The van der Waals surface area contributed by atoms with Crippen LogP contribution in [0.5, 0.6) is 0 Å². The third kappa shape index (κ3) is 5.79. The van der Waals surface area contributed by atoms with E-state index in [0.29, 0.717) is 11.3 Å². The molecule has 0 aliphatic carbocycles. The molecule has 6 nitrogen and oxygen atoms in total. The quantitative estimate of drug-likeness (QED) is 0.720. The highest BCUT2D eigenvalue weighted by Gasteiger charge is 2.19. The number of carbonyl (C=O) groups excluding carboxylic acids is 2. The van der Waals surface area contributed by atoms with Crippen molar-refractivity contribution in [1.82, 2.24) is 4.31 Å². The molecule has 2 aromatic rings. The van der Waals surface area contributed by atoms with Crippen LogP contribution in [0.4, 0.5) is 5.69 Å². The maximum atomic E-state index is 12.3. The smallest absolute Gasteiger partial charge is 0.225 e. The minimum atomic E-state index is -3.54. The summed E-state index contributed by atoms with van der Waals surface area (Å²) in [7, 11) is -2.04. The molecule has 0 radical (unpaired) electrons. The Hall–Kier alpha value is -2.51. The first-order valence-corrected chi connectivity index (χ1v) is 9.77. The molecule has 1 N–H and O–H groups in total.